The third-order valence-corrected chi connectivity index (χ3v) is 3.80. The van der Waals surface area contributed by atoms with Crippen LogP contribution in [0.4, 0.5) is 0 Å². The third-order valence-electron chi connectivity index (χ3n) is 2.50. The highest BCUT2D eigenvalue weighted by molar-refractivity contribution is 7.84. The van der Waals surface area contributed by atoms with E-state index in [0.29, 0.717) is 19.6 Å². The van der Waals surface area contributed by atoms with Crippen molar-refractivity contribution in [2.75, 3.05) is 6.61 Å². The zero-order valence-electron chi connectivity index (χ0n) is 9.81. The molecule has 1 atom stereocenters. The number of hydrogen-bond donors (Lipinski definition) is 1. The highest BCUT2D eigenvalue weighted by Gasteiger charge is 2.22. The number of nitrogens with two attached hydrogens (primary N) is 1. The van der Waals surface area contributed by atoms with Crippen LogP contribution in [0.1, 0.15) is 25.8 Å². The predicted octanol–water partition coefficient (Wildman–Crippen LogP) is 1.99. The molecule has 0 saturated carbocycles. The first-order valence-electron chi connectivity index (χ1n) is 5.30. The maximum atomic E-state index is 11.2. The molecule has 0 radical (unpaired) electrons. The molecular weight excluding hydrogens is 222 g/mol. The Morgan fingerprint density at radius 1 is 1.31 bits per heavy atom. The van der Waals surface area contributed by atoms with Crippen LogP contribution in [-0.4, -0.2) is 15.6 Å². The molecule has 0 bridgehead atoms. The van der Waals surface area contributed by atoms with Gasteiger partial charge in [-0.25, -0.2) is 4.21 Å². The third kappa shape index (κ3) is 4.43. The van der Waals surface area contributed by atoms with Crippen LogP contribution in [0.2, 0.25) is 0 Å². The average Bonchev–Trinajstić information content (AvgIpc) is 2.26. The molecule has 0 aliphatic carbocycles. The minimum atomic E-state index is -1.30. The van der Waals surface area contributed by atoms with E-state index >= 15 is 0 Å². The Labute approximate surface area is 99.6 Å². The lowest BCUT2D eigenvalue weighted by molar-refractivity contribution is 0.113. The first-order valence-corrected chi connectivity index (χ1v) is 6.51. The van der Waals surface area contributed by atoms with E-state index in [9.17, 15) is 4.21 Å². The van der Waals surface area contributed by atoms with Crippen molar-refractivity contribution in [3.63, 3.8) is 0 Å². The monoisotopic (exact) mass is 241 g/mol. The molecule has 0 heterocycles. The lowest BCUT2D eigenvalue weighted by Crippen LogP contribution is -2.33. The summed E-state index contributed by atoms with van der Waals surface area (Å²) in [6.07, 6.45) is 0.697. The molecule has 0 spiro atoms. The van der Waals surface area contributed by atoms with Gasteiger partial charge in [0.2, 0.25) is 0 Å². The number of hydrogen-bond acceptors (Lipinski definition) is 2. The Balaban J connectivity index is 2.25. The van der Waals surface area contributed by atoms with E-state index in [4.69, 9.17) is 9.88 Å². The van der Waals surface area contributed by atoms with Gasteiger partial charge in [0.1, 0.15) is 0 Å². The molecule has 0 aliphatic heterocycles. The molecule has 0 saturated heterocycles. The van der Waals surface area contributed by atoms with Crippen LogP contribution < -0.4 is 5.14 Å². The van der Waals surface area contributed by atoms with E-state index in [2.05, 4.69) is 0 Å². The fraction of sp³-hybridized carbons (Fsp3) is 0.500. The second kappa shape index (κ2) is 6.13. The van der Waals surface area contributed by atoms with Gasteiger partial charge < -0.3 is 4.74 Å². The van der Waals surface area contributed by atoms with Gasteiger partial charge in [-0.3, -0.25) is 5.14 Å². The molecule has 4 heteroatoms. The Morgan fingerprint density at radius 2 is 1.94 bits per heavy atom. The van der Waals surface area contributed by atoms with Gasteiger partial charge in [-0.1, -0.05) is 30.3 Å². The van der Waals surface area contributed by atoms with E-state index in [1.165, 1.54) is 0 Å². The molecule has 1 rings (SSSR count). The zero-order chi connectivity index (χ0) is 12.0. The molecule has 0 aromatic heterocycles. The molecule has 0 fully saturated rings. The number of rotatable bonds is 6. The molecular formula is C12H19NO2S. The maximum absolute atomic E-state index is 11.2. The number of benzene rings is 1. The fourth-order valence-electron chi connectivity index (χ4n) is 1.18. The van der Waals surface area contributed by atoms with Crippen LogP contribution in [0.5, 0.6) is 0 Å². The van der Waals surface area contributed by atoms with Gasteiger partial charge in [-0.2, -0.15) is 0 Å². The first kappa shape index (κ1) is 13.4. The van der Waals surface area contributed by atoms with Gasteiger partial charge in [0.05, 0.1) is 22.3 Å². The van der Waals surface area contributed by atoms with Crippen molar-refractivity contribution < 1.29 is 8.95 Å². The van der Waals surface area contributed by atoms with E-state index in [1.54, 1.807) is 0 Å². The van der Waals surface area contributed by atoms with E-state index < -0.39 is 11.0 Å². The van der Waals surface area contributed by atoms with Gasteiger partial charge in [-0.05, 0) is 25.8 Å². The molecule has 2 N–H and O–H groups in total. The Bertz CT molecular complexity index is 338. The normalized spacial score (nSPS) is 13.7. The van der Waals surface area contributed by atoms with Gasteiger partial charge in [-0.15, -0.1) is 0 Å². The van der Waals surface area contributed by atoms with Gasteiger partial charge in [0, 0.05) is 6.61 Å². The summed E-state index contributed by atoms with van der Waals surface area (Å²) in [7, 11) is -1.30. The molecule has 90 valence electrons. The SMILES string of the molecule is CC(C)(CCOCc1ccccc1)S(N)=O. The molecule has 1 aromatic carbocycles. The van der Waals surface area contributed by atoms with Crippen LogP contribution in [0, 0.1) is 0 Å². The summed E-state index contributed by atoms with van der Waals surface area (Å²) in [5.41, 5.74) is 1.15. The van der Waals surface area contributed by atoms with Crippen LogP contribution >= 0.6 is 0 Å². The standard InChI is InChI=1S/C12H19NO2S/c1-12(2,16(13)14)8-9-15-10-11-6-4-3-5-7-11/h3-7H,8-10,13H2,1-2H3. The van der Waals surface area contributed by atoms with Crippen molar-refractivity contribution >= 4 is 11.0 Å². The summed E-state index contributed by atoms with van der Waals surface area (Å²) in [6, 6.07) is 9.98. The fourth-order valence-corrected chi connectivity index (χ4v) is 1.47. The predicted molar refractivity (Wildman–Crippen MR) is 67.1 cm³/mol. The smallest absolute Gasteiger partial charge is 0.0946 e. The van der Waals surface area contributed by atoms with Crippen molar-refractivity contribution in [3.8, 4) is 0 Å². The summed E-state index contributed by atoms with van der Waals surface area (Å²) < 4.78 is 16.3. The maximum Gasteiger partial charge on any atom is 0.0946 e. The Hall–Kier alpha value is -0.710. The molecule has 0 aliphatic rings. The number of ether oxygens (including phenoxy) is 1. The summed E-state index contributed by atoms with van der Waals surface area (Å²) in [6.45, 7) is 4.93. The zero-order valence-corrected chi connectivity index (χ0v) is 10.6. The van der Waals surface area contributed by atoms with E-state index in [1.807, 2.05) is 44.2 Å². The quantitative estimate of drug-likeness (QED) is 0.774. The van der Waals surface area contributed by atoms with E-state index in [0.717, 1.165) is 5.56 Å². The molecule has 1 unspecified atom stereocenters. The Morgan fingerprint density at radius 3 is 2.50 bits per heavy atom. The highest BCUT2D eigenvalue weighted by Crippen LogP contribution is 2.14. The van der Waals surface area contributed by atoms with Crippen LogP contribution in [-0.2, 0) is 22.3 Å². The summed E-state index contributed by atoms with van der Waals surface area (Å²) >= 11 is 0. The summed E-state index contributed by atoms with van der Waals surface area (Å²) in [5.74, 6) is 0. The minimum Gasteiger partial charge on any atom is -0.377 e. The van der Waals surface area contributed by atoms with Crippen molar-refractivity contribution in [2.24, 2.45) is 5.14 Å². The van der Waals surface area contributed by atoms with Gasteiger partial charge >= 0.3 is 0 Å². The van der Waals surface area contributed by atoms with Gasteiger partial charge in [0.15, 0.2) is 0 Å². The summed E-state index contributed by atoms with van der Waals surface area (Å²) in [5, 5.41) is 5.38. The van der Waals surface area contributed by atoms with Crippen LogP contribution in [0.25, 0.3) is 0 Å². The largest absolute Gasteiger partial charge is 0.377 e. The topological polar surface area (TPSA) is 52.3 Å². The van der Waals surface area contributed by atoms with Gasteiger partial charge in [0.25, 0.3) is 0 Å². The van der Waals surface area contributed by atoms with Crippen molar-refractivity contribution in [3.05, 3.63) is 35.9 Å². The second-order valence-corrected chi connectivity index (χ2v) is 6.05. The molecule has 1 aromatic rings. The summed E-state index contributed by atoms with van der Waals surface area (Å²) in [4.78, 5) is 0. The molecule has 0 amide bonds. The lowest BCUT2D eigenvalue weighted by Gasteiger charge is -2.20. The second-order valence-electron chi connectivity index (χ2n) is 4.35. The highest BCUT2D eigenvalue weighted by atomic mass is 32.2. The first-order chi connectivity index (χ1) is 7.52. The van der Waals surface area contributed by atoms with Crippen LogP contribution in [0.3, 0.4) is 0 Å². The lowest BCUT2D eigenvalue weighted by atomic mass is 10.1. The average molecular weight is 241 g/mol. The van der Waals surface area contributed by atoms with Crippen LogP contribution in [0.15, 0.2) is 30.3 Å². The van der Waals surface area contributed by atoms with Crippen molar-refractivity contribution in [1.29, 1.82) is 0 Å². The van der Waals surface area contributed by atoms with E-state index in [-0.39, 0.29) is 4.75 Å². The van der Waals surface area contributed by atoms with Crippen molar-refractivity contribution in [1.82, 2.24) is 0 Å². The Kier molecular flexibility index (Phi) is 5.12. The molecule has 16 heavy (non-hydrogen) atoms. The minimum absolute atomic E-state index is 0.378. The molecule has 3 nitrogen and oxygen atoms in total. The van der Waals surface area contributed by atoms with Crippen molar-refractivity contribution in [2.45, 2.75) is 31.6 Å².